The van der Waals surface area contributed by atoms with Crippen molar-refractivity contribution in [3.8, 4) is 6.01 Å². The highest BCUT2D eigenvalue weighted by atomic mass is 35.5. The molecule has 2 aliphatic heterocycles. The summed E-state index contributed by atoms with van der Waals surface area (Å²) >= 11 is 0. The summed E-state index contributed by atoms with van der Waals surface area (Å²) in [5, 5.41) is 3.59. The van der Waals surface area contributed by atoms with Gasteiger partial charge in [0.05, 0.1) is 0 Å². The van der Waals surface area contributed by atoms with Gasteiger partial charge in [-0.2, -0.15) is 0 Å². The first-order valence-corrected chi connectivity index (χ1v) is 5.60. The molecule has 2 aliphatic rings. The summed E-state index contributed by atoms with van der Waals surface area (Å²) in [5.74, 6) is 0. The van der Waals surface area contributed by atoms with Gasteiger partial charge in [-0.3, -0.25) is 0 Å². The predicted octanol–water partition coefficient (Wildman–Crippen LogP) is 1.98. The summed E-state index contributed by atoms with van der Waals surface area (Å²) in [5.41, 5.74) is 0. The van der Waals surface area contributed by atoms with Crippen molar-refractivity contribution in [1.29, 1.82) is 0 Å². The average molecular weight is 278 g/mol. The maximum Gasteiger partial charge on any atom is 0.316 e. The molecule has 1 aromatic heterocycles. The minimum Gasteiger partial charge on any atom is -0.460 e. The molecule has 4 nitrogen and oxygen atoms in total. The number of nitrogens with one attached hydrogen (secondary N) is 1. The number of hydrogen-bond acceptors (Lipinski definition) is 4. The van der Waals surface area contributed by atoms with Crippen LogP contribution in [0.25, 0.3) is 0 Å². The minimum absolute atomic E-state index is 0. The van der Waals surface area contributed by atoms with E-state index < -0.39 is 0 Å². The number of halogens is 2. The monoisotopic (exact) mass is 277 g/mol. The first-order chi connectivity index (χ1) is 7.40. The van der Waals surface area contributed by atoms with Gasteiger partial charge in [0.15, 0.2) is 0 Å². The molecule has 0 amide bonds. The summed E-state index contributed by atoms with van der Waals surface area (Å²) in [6.07, 6.45) is 8.51. The number of aromatic nitrogens is 2. The molecule has 6 heteroatoms. The SMILES string of the molecule is Cl.Cl.c1cnc(OC2CC3CCC(C2)N3)nc1. The molecular weight excluding hydrogens is 261 g/mol. The second-order valence-corrected chi connectivity index (χ2v) is 4.38. The normalized spacial score (nSPS) is 30.0. The summed E-state index contributed by atoms with van der Waals surface area (Å²) in [6, 6.07) is 3.62. The summed E-state index contributed by atoms with van der Waals surface area (Å²) in [7, 11) is 0. The van der Waals surface area contributed by atoms with Crippen molar-refractivity contribution in [3.63, 3.8) is 0 Å². The van der Waals surface area contributed by atoms with E-state index in [4.69, 9.17) is 4.74 Å². The van der Waals surface area contributed by atoms with Gasteiger partial charge in [0, 0.05) is 24.5 Å². The Hall–Kier alpha value is -0.580. The van der Waals surface area contributed by atoms with Crippen molar-refractivity contribution in [2.75, 3.05) is 0 Å². The Morgan fingerprint density at radius 3 is 2.24 bits per heavy atom. The molecule has 0 saturated carbocycles. The Morgan fingerprint density at radius 2 is 1.65 bits per heavy atom. The number of piperidine rings is 1. The van der Waals surface area contributed by atoms with Crippen LogP contribution in [0.4, 0.5) is 0 Å². The Morgan fingerprint density at radius 1 is 1.06 bits per heavy atom. The zero-order valence-electron chi connectivity index (χ0n) is 9.41. The highest BCUT2D eigenvalue weighted by Crippen LogP contribution is 2.28. The molecule has 1 N–H and O–H groups in total. The lowest BCUT2D eigenvalue weighted by molar-refractivity contribution is 0.126. The van der Waals surface area contributed by atoms with Crippen LogP contribution in [0.15, 0.2) is 18.5 Å². The molecule has 1 aromatic rings. The third-order valence-electron chi connectivity index (χ3n) is 3.24. The van der Waals surface area contributed by atoms with Crippen LogP contribution >= 0.6 is 24.8 Å². The summed E-state index contributed by atoms with van der Waals surface area (Å²) in [4.78, 5) is 8.18. The molecule has 2 bridgehead atoms. The number of fused-ring (bicyclic) bond motifs is 2. The van der Waals surface area contributed by atoms with Gasteiger partial charge >= 0.3 is 6.01 Å². The van der Waals surface area contributed by atoms with E-state index in [0.717, 1.165) is 12.8 Å². The van der Waals surface area contributed by atoms with Crippen molar-refractivity contribution in [3.05, 3.63) is 18.5 Å². The molecule has 0 aliphatic carbocycles. The van der Waals surface area contributed by atoms with E-state index in [1.165, 1.54) is 12.8 Å². The molecule has 2 unspecified atom stereocenters. The van der Waals surface area contributed by atoms with Crippen LogP contribution in [-0.4, -0.2) is 28.2 Å². The lowest BCUT2D eigenvalue weighted by atomic mass is 10.0. The van der Waals surface area contributed by atoms with Crippen LogP contribution in [0.5, 0.6) is 6.01 Å². The van der Waals surface area contributed by atoms with Gasteiger partial charge in [0.25, 0.3) is 0 Å². The fourth-order valence-corrected chi connectivity index (χ4v) is 2.60. The van der Waals surface area contributed by atoms with E-state index in [1.807, 2.05) is 0 Å². The van der Waals surface area contributed by atoms with Gasteiger partial charge in [-0.15, -0.1) is 24.8 Å². The molecule has 2 fully saturated rings. The zero-order valence-corrected chi connectivity index (χ0v) is 11.0. The second-order valence-electron chi connectivity index (χ2n) is 4.38. The average Bonchev–Trinajstić information content (AvgIpc) is 2.60. The lowest BCUT2D eigenvalue weighted by Gasteiger charge is -2.28. The second kappa shape index (κ2) is 6.38. The predicted molar refractivity (Wildman–Crippen MR) is 70.1 cm³/mol. The van der Waals surface area contributed by atoms with Crippen LogP contribution in [0, 0.1) is 0 Å². The molecule has 3 heterocycles. The largest absolute Gasteiger partial charge is 0.460 e. The van der Waals surface area contributed by atoms with E-state index in [9.17, 15) is 0 Å². The minimum atomic E-state index is 0. The third kappa shape index (κ3) is 3.44. The Labute approximate surface area is 113 Å². The Kier molecular flexibility index (Phi) is 5.43. The maximum atomic E-state index is 5.77. The first-order valence-electron chi connectivity index (χ1n) is 5.60. The zero-order chi connectivity index (χ0) is 10.1. The van der Waals surface area contributed by atoms with Gasteiger partial charge in [-0.1, -0.05) is 0 Å². The van der Waals surface area contributed by atoms with Crippen LogP contribution < -0.4 is 10.1 Å². The lowest BCUT2D eigenvalue weighted by Crippen LogP contribution is -2.42. The van der Waals surface area contributed by atoms with Gasteiger partial charge in [0.1, 0.15) is 6.10 Å². The quantitative estimate of drug-likeness (QED) is 0.898. The molecule has 2 atom stereocenters. The van der Waals surface area contributed by atoms with Crippen molar-refractivity contribution in [2.24, 2.45) is 0 Å². The third-order valence-corrected chi connectivity index (χ3v) is 3.24. The van der Waals surface area contributed by atoms with Crippen molar-refractivity contribution < 1.29 is 4.74 Å². The fraction of sp³-hybridized carbons (Fsp3) is 0.636. The van der Waals surface area contributed by atoms with E-state index in [2.05, 4.69) is 15.3 Å². The topological polar surface area (TPSA) is 47.0 Å². The first kappa shape index (κ1) is 14.5. The van der Waals surface area contributed by atoms with Gasteiger partial charge in [0.2, 0.25) is 0 Å². The smallest absolute Gasteiger partial charge is 0.316 e. The van der Waals surface area contributed by atoms with E-state index >= 15 is 0 Å². The summed E-state index contributed by atoms with van der Waals surface area (Å²) < 4.78 is 5.77. The molecule has 0 aromatic carbocycles. The molecule has 0 radical (unpaired) electrons. The maximum absolute atomic E-state index is 5.77. The molecule has 3 rings (SSSR count). The Bertz CT molecular complexity index is 327. The van der Waals surface area contributed by atoms with Crippen molar-refractivity contribution >= 4 is 24.8 Å². The number of ether oxygens (including phenoxy) is 1. The highest BCUT2D eigenvalue weighted by molar-refractivity contribution is 5.85. The molecule has 96 valence electrons. The van der Waals surface area contributed by atoms with Crippen molar-refractivity contribution in [1.82, 2.24) is 15.3 Å². The van der Waals surface area contributed by atoms with Gasteiger partial charge < -0.3 is 10.1 Å². The Balaban J connectivity index is 0.000000722. The molecular formula is C11H17Cl2N3O. The van der Waals surface area contributed by atoms with Gasteiger partial charge in [-0.05, 0) is 31.7 Å². The van der Waals surface area contributed by atoms with E-state index in [0.29, 0.717) is 24.2 Å². The number of rotatable bonds is 2. The standard InChI is InChI=1S/C11H15N3O.2ClH/c1-4-12-11(13-5-1)15-10-6-8-2-3-9(7-10)14-8;;/h1,4-5,8-10,14H,2-3,6-7H2;2*1H. The number of nitrogens with zero attached hydrogens (tertiary/aromatic N) is 2. The van der Waals surface area contributed by atoms with Crippen molar-refractivity contribution in [2.45, 2.75) is 43.9 Å². The molecule has 2 saturated heterocycles. The molecule has 17 heavy (non-hydrogen) atoms. The van der Waals surface area contributed by atoms with Crippen LogP contribution in [0.2, 0.25) is 0 Å². The van der Waals surface area contributed by atoms with E-state index in [1.54, 1.807) is 18.5 Å². The summed E-state index contributed by atoms with van der Waals surface area (Å²) in [6.45, 7) is 0. The fourth-order valence-electron chi connectivity index (χ4n) is 2.60. The highest BCUT2D eigenvalue weighted by Gasteiger charge is 2.34. The van der Waals surface area contributed by atoms with Crippen LogP contribution in [0.3, 0.4) is 0 Å². The number of hydrogen-bond donors (Lipinski definition) is 1. The van der Waals surface area contributed by atoms with E-state index in [-0.39, 0.29) is 24.8 Å². The van der Waals surface area contributed by atoms with Crippen LogP contribution in [0.1, 0.15) is 25.7 Å². The molecule has 0 spiro atoms. The van der Waals surface area contributed by atoms with Gasteiger partial charge in [-0.25, -0.2) is 9.97 Å². The van der Waals surface area contributed by atoms with Crippen LogP contribution in [-0.2, 0) is 0 Å².